The summed E-state index contributed by atoms with van der Waals surface area (Å²) in [6.45, 7) is 2.14. The molecule has 1 fully saturated rings. The number of aromatic nitrogens is 5. The summed E-state index contributed by atoms with van der Waals surface area (Å²) >= 11 is 0. The van der Waals surface area contributed by atoms with E-state index in [0.717, 1.165) is 25.7 Å². The lowest BCUT2D eigenvalue weighted by atomic mass is 9.83. The number of halogens is 1. The molecule has 1 amide bonds. The van der Waals surface area contributed by atoms with Crippen LogP contribution in [-0.4, -0.2) is 62.8 Å². The highest BCUT2D eigenvalue weighted by molar-refractivity contribution is 5.93. The number of hydrogen-bond donors (Lipinski definition) is 2. The lowest BCUT2D eigenvalue weighted by molar-refractivity contribution is -0.0253. The molecule has 0 bridgehead atoms. The second-order valence-electron chi connectivity index (χ2n) is 9.03. The third kappa shape index (κ3) is 4.05. The van der Waals surface area contributed by atoms with Crippen molar-refractivity contribution in [3.8, 4) is 17.0 Å². The predicted molar refractivity (Wildman–Crippen MR) is 128 cm³/mol. The highest BCUT2D eigenvalue weighted by Crippen LogP contribution is 2.34. The van der Waals surface area contributed by atoms with Crippen LogP contribution in [0.25, 0.3) is 22.3 Å². The second-order valence-corrected chi connectivity index (χ2v) is 9.03. The summed E-state index contributed by atoms with van der Waals surface area (Å²) in [6.07, 6.45) is 8.60. The van der Waals surface area contributed by atoms with Crippen LogP contribution in [0.2, 0.25) is 0 Å². The van der Waals surface area contributed by atoms with Gasteiger partial charge in [-0.3, -0.25) is 9.20 Å². The van der Waals surface area contributed by atoms with Crippen molar-refractivity contribution in [3.05, 3.63) is 42.2 Å². The molecule has 2 N–H and O–H groups in total. The lowest BCUT2D eigenvalue weighted by Crippen LogP contribution is -2.37. The summed E-state index contributed by atoms with van der Waals surface area (Å²) in [5.41, 5.74) is 2.02. The maximum atomic E-state index is 14.9. The maximum Gasteiger partial charge on any atom is 0.269 e. The van der Waals surface area contributed by atoms with Crippen molar-refractivity contribution < 1.29 is 18.7 Å². The summed E-state index contributed by atoms with van der Waals surface area (Å²) in [7, 11) is 4.81. The quantitative estimate of drug-likeness (QED) is 0.435. The van der Waals surface area contributed by atoms with Gasteiger partial charge in [-0.15, -0.1) is 5.10 Å². The zero-order chi connectivity index (χ0) is 24.7. The molecular weight excluding hydrogens is 453 g/mol. The highest BCUT2D eigenvalue weighted by atomic mass is 19.1. The Hall–Kier alpha value is -3.73. The van der Waals surface area contributed by atoms with Gasteiger partial charge in [0.15, 0.2) is 11.5 Å². The molecule has 1 aliphatic carbocycles. The first-order chi connectivity index (χ1) is 16.9. The monoisotopic (exact) mass is 481 g/mol. The van der Waals surface area contributed by atoms with Gasteiger partial charge in [0.1, 0.15) is 11.2 Å². The van der Waals surface area contributed by atoms with Crippen LogP contribution in [0.1, 0.15) is 43.1 Å². The molecule has 1 saturated carbocycles. The minimum Gasteiger partial charge on any atom is -0.479 e. The number of nitrogens with zero attached hydrogens (tertiary/aromatic N) is 5. The number of fused-ring (bicyclic) bond motifs is 2. The first-order valence-electron chi connectivity index (χ1n) is 11.5. The van der Waals surface area contributed by atoms with Crippen molar-refractivity contribution in [1.82, 2.24) is 29.3 Å². The smallest absolute Gasteiger partial charge is 0.269 e. The van der Waals surface area contributed by atoms with Crippen LogP contribution < -0.4 is 15.4 Å². The standard InChI is InChI=1S/C24H28FN7O3/c1-24(35-4)8-5-15(6-9-24)28-23-29-22(34-3)19-16(7-10-32(19)30-23)14-11-17(25)20-27-12-18(21(33)26-2)31(20)13-14/h7,10-13,15H,5-6,8-9H2,1-4H3,(H,26,33)(H,28,30)/t15-,24+. The Labute approximate surface area is 201 Å². The first kappa shape index (κ1) is 23.0. The largest absolute Gasteiger partial charge is 0.479 e. The Morgan fingerprint density at radius 2 is 2.06 bits per heavy atom. The molecule has 1 aliphatic rings. The molecule has 4 heterocycles. The molecule has 4 aromatic rings. The molecule has 4 aromatic heterocycles. The fourth-order valence-corrected chi connectivity index (χ4v) is 4.68. The van der Waals surface area contributed by atoms with Crippen molar-refractivity contribution in [2.24, 2.45) is 0 Å². The van der Waals surface area contributed by atoms with Crippen molar-refractivity contribution in [3.63, 3.8) is 0 Å². The van der Waals surface area contributed by atoms with Crippen LogP contribution >= 0.6 is 0 Å². The molecule has 0 aromatic carbocycles. The topological polar surface area (TPSA) is 107 Å². The average Bonchev–Trinajstić information content (AvgIpc) is 3.49. The fraction of sp³-hybridized carbons (Fsp3) is 0.417. The molecule has 5 rings (SSSR count). The lowest BCUT2D eigenvalue weighted by Gasteiger charge is -2.36. The molecule has 0 spiro atoms. The Morgan fingerprint density at radius 3 is 2.74 bits per heavy atom. The summed E-state index contributed by atoms with van der Waals surface area (Å²) in [5, 5.41) is 10.6. The molecule has 0 unspecified atom stereocenters. The molecular formula is C24H28FN7O3. The van der Waals surface area contributed by atoms with Crippen molar-refractivity contribution in [2.75, 3.05) is 26.6 Å². The van der Waals surface area contributed by atoms with Crippen LogP contribution in [0.3, 0.4) is 0 Å². The van der Waals surface area contributed by atoms with E-state index < -0.39 is 5.82 Å². The van der Waals surface area contributed by atoms with Crippen molar-refractivity contribution >= 4 is 23.0 Å². The van der Waals surface area contributed by atoms with Gasteiger partial charge < -0.3 is 20.1 Å². The zero-order valence-corrected chi connectivity index (χ0v) is 20.1. The third-order valence-electron chi connectivity index (χ3n) is 6.87. The predicted octanol–water partition coefficient (Wildman–Crippen LogP) is 3.31. The summed E-state index contributed by atoms with van der Waals surface area (Å²) in [5.74, 6) is -0.0881. The SMILES string of the molecule is CNC(=O)c1cnc2c(F)cc(-c3ccn4nc(N[C@H]5CC[C@@](C)(OC)CC5)nc(OC)c34)cn12. The highest BCUT2D eigenvalue weighted by Gasteiger charge is 2.31. The Balaban J connectivity index is 1.51. The number of hydrogen-bond acceptors (Lipinski definition) is 7. The summed E-state index contributed by atoms with van der Waals surface area (Å²) < 4.78 is 29.2. The Kier molecular flexibility index (Phi) is 5.79. The number of imidazole rings is 1. The number of pyridine rings is 1. The fourth-order valence-electron chi connectivity index (χ4n) is 4.68. The van der Waals surface area contributed by atoms with Gasteiger partial charge in [-0.25, -0.2) is 13.9 Å². The number of carbonyl (C=O) groups is 1. The van der Waals surface area contributed by atoms with Gasteiger partial charge in [-0.1, -0.05) is 0 Å². The summed E-state index contributed by atoms with van der Waals surface area (Å²) in [4.78, 5) is 20.8. The number of rotatable bonds is 6. The molecule has 35 heavy (non-hydrogen) atoms. The van der Waals surface area contributed by atoms with Gasteiger partial charge in [-0.05, 0) is 44.7 Å². The van der Waals surface area contributed by atoms with Gasteiger partial charge in [0.2, 0.25) is 11.8 Å². The van der Waals surface area contributed by atoms with Crippen LogP contribution in [-0.2, 0) is 4.74 Å². The molecule has 184 valence electrons. The second kappa shape index (κ2) is 8.81. The molecule has 10 nitrogen and oxygen atoms in total. The van der Waals surface area contributed by atoms with E-state index in [0.29, 0.717) is 28.5 Å². The number of ether oxygens (including phenoxy) is 2. The normalized spacial score (nSPS) is 20.3. The van der Waals surface area contributed by atoms with E-state index >= 15 is 0 Å². The Bertz CT molecular complexity index is 1410. The van der Waals surface area contributed by atoms with E-state index in [1.165, 1.54) is 30.8 Å². The first-order valence-corrected chi connectivity index (χ1v) is 11.5. The van der Waals surface area contributed by atoms with E-state index in [4.69, 9.17) is 9.47 Å². The molecule has 0 radical (unpaired) electrons. The number of carbonyl (C=O) groups excluding carboxylic acids is 1. The maximum absolute atomic E-state index is 14.9. The van der Waals surface area contributed by atoms with Crippen LogP contribution in [0.5, 0.6) is 5.88 Å². The van der Waals surface area contributed by atoms with Crippen molar-refractivity contribution in [2.45, 2.75) is 44.2 Å². The third-order valence-corrected chi connectivity index (χ3v) is 6.87. The number of amides is 1. The Morgan fingerprint density at radius 1 is 1.29 bits per heavy atom. The summed E-state index contributed by atoms with van der Waals surface area (Å²) in [6, 6.07) is 3.43. The van der Waals surface area contributed by atoms with Crippen molar-refractivity contribution in [1.29, 1.82) is 0 Å². The van der Waals surface area contributed by atoms with E-state index in [-0.39, 0.29) is 28.9 Å². The van der Waals surface area contributed by atoms with Gasteiger partial charge in [-0.2, -0.15) is 4.98 Å². The number of anilines is 1. The van der Waals surface area contributed by atoms with Crippen LogP contribution in [0.4, 0.5) is 10.3 Å². The minimum absolute atomic E-state index is 0.0719. The van der Waals surface area contributed by atoms with E-state index in [2.05, 4.69) is 32.6 Å². The van der Waals surface area contributed by atoms with Gasteiger partial charge in [0, 0.05) is 43.7 Å². The van der Waals surface area contributed by atoms with E-state index in [9.17, 15) is 9.18 Å². The van der Waals surface area contributed by atoms with Crippen LogP contribution in [0, 0.1) is 5.82 Å². The van der Waals surface area contributed by atoms with Gasteiger partial charge in [0.05, 0.1) is 18.9 Å². The average molecular weight is 482 g/mol. The molecule has 11 heteroatoms. The number of methoxy groups -OCH3 is 2. The van der Waals surface area contributed by atoms with E-state index in [1.807, 2.05) is 6.07 Å². The minimum atomic E-state index is -0.546. The van der Waals surface area contributed by atoms with Gasteiger partial charge >= 0.3 is 0 Å². The number of nitrogens with one attached hydrogen (secondary N) is 2. The molecule has 0 atom stereocenters. The van der Waals surface area contributed by atoms with Gasteiger partial charge in [0.25, 0.3) is 5.91 Å². The zero-order valence-electron chi connectivity index (χ0n) is 20.1. The molecule has 0 saturated heterocycles. The molecule has 0 aliphatic heterocycles. The van der Waals surface area contributed by atoms with Crippen LogP contribution in [0.15, 0.2) is 30.7 Å². The van der Waals surface area contributed by atoms with E-state index in [1.54, 1.807) is 24.0 Å².